The quantitative estimate of drug-likeness (QED) is 0.279. The number of hydrogen-bond donors (Lipinski definition) is 0. The summed E-state index contributed by atoms with van der Waals surface area (Å²) in [4.78, 5) is 1.78. The third-order valence-corrected chi connectivity index (χ3v) is 4.93. The molecular weight excluding hydrogens is 251 g/mol. The molecule has 2 atom stereocenters. The van der Waals surface area contributed by atoms with Crippen LogP contribution in [0, 0.1) is 0 Å². The van der Waals surface area contributed by atoms with Gasteiger partial charge in [0.2, 0.25) is 0 Å². The van der Waals surface area contributed by atoms with Gasteiger partial charge in [-0.2, -0.15) is 0 Å². The maximum atomic E-state index is 2.43. The molecule has 0 rings (SSSR count). The summed E-state index contributed by atoms with van der Waals surface area (Å²) in [6.45, 7) is 9.43. The third kappa shape index (κ3) is 12.7. The molecule has 0 heterocycles. The summed E-state index contributed by atoms with van der Waals surface area (Å²) in [5.74, 6) is 0. The molecule has 0 aliphatic heterocycles. The zero-order chi connectivity index (χ0) is 12.9. The van der Waals surface area contributed by atoms with E-state index in [0.29, 0.717) is 0 Å². The van der Waals surface area contributed by atoms with E-state index in [-0.39, 0.29) is 0 Å². The molecule has 2 unspecified atom stereocenters. The Morgan fingerprint density at radius 2 is 1.06 bits per heavy atom. The van der Waals surface area contributed by atoms with Gasteiger partial charge in [0.05, 0.1) is 0 Å². The van der Waals surface area contributed by atoms with Crippen molar-refractivity contribution in [1.82, 2.24) is 0 Å². The molecule has 0 bridgehead atoms. The van der Waals surface area contributed by atoms with Gasteiger partial charge in [-0.15, -0.1) is 0 Å². The van der Waals surface area contributed by atoms with Crippen LogP contribution < -0.4 is 0 Å². The summed E-state index contributed by atoms with van der Waals surface area (Å²) in [7, 11) is 0. The molecule has 0 aromatic carbocycles. The second-order valence-corrected chi connectivity index (χ2v) is 7.52. The molecule has 0 nitrogen and oxygen atoms in total. The van der Waals surface area contributed by atoms with E-state index in [1.165, 1.54) is 64.2 Å². The van der Waals surface area contributed by atoms with Gasteiger partial charge in [0.1, 0.15) is 0 Å². The van der Waals surface area contributed by atoms with Crippen LogP contribution in [0.3, 0.4) is 0 Å². The fourth-order valence-electron chi connectivity index (χ4n) is 2.09. The predicted molar refractivity (Wildman–Crippen MR) is 76.4 cm³/mol. The average Bonchev–Trinajstić information content (AvgIpc) is 2.30. The van der Waals surface area contributed by atoms with Gasteiger partial charge < -0.3 is 0 Å². The first-order chi connectivity index (χ1) is 8.20. The van der Waals surface area contributed by atoms with Crippen LogP contribution in [0.5, 0.6) is 0 Å². The summed E-state index contributed by atoms with van der Waals surface area (Å²) in [5.41, 5.74) is 0. The van der Waals surface area contributed by atoms with Crippen LogP contribution in [0.1, 0.15) is 91.9 Å². The Morgan fingerprint density at radius 3 is 1.41 bits per heavy atom. The van der Waals surface area contributed by atoms with E-state index in [2.05, 4.69) is 27.7 Å². The monoisotopic (exact) mass is 284 g/mol. The SMILES string of the molecule is CCCCCC[CH](C)[Ni][CH](C)CCCCCC. The van der Waals surface area contributed by atoms with Gasteiger partial charge in [-0.3, -0.25) is 0 Å². The number of rotatable bonds is 12. The number of unbranched alkanes of at least 4 members (excludes halogenated alkanes) is 6. The van der Waals surface area contributed by atoms with Gasteiger partial charge >= 0.3 is 116 Å². The van der Waals surface area contributed by atoms with Gasteiger partial charge in [-0.1, -0.05) is 0 Å². The molecule has 0 aliphatic carbocycles. The average molecular weight is 285 g/mol. The molecule has 0 saturated heterocycles. The number of hydrogen-bond acceptors (Lipinski definition) is 0. The fourth-order valence-corrected chi connectivity index (χ4v) is 3.78. The van der Waals surface area contributed by atoms with Crippen molar-refractivity contribution in [3.63, 3.8) is 0 Å². The summed E-state index contributed by atoms with van der Waals surface area (Å²) < 4.78 is 0. The molecule has 0 N–H and O–H groups in total. The summed E-state index contributed by atoms with van der Waals surface area (Å²) in [5, 5.41) is 0. The molecule has 0 aliphatic rings. The minimum absolute atomic E-state index is 0.889. The summed E-state index contributed by atoms with van der Waals surface area (Å²) >= 11 is 2.03. The van der Waals surface area contributed by atoms with Crippen LogP contribution in [0.4, 0.5) is 0 Å². The molecule has 0 spiro atoms. The summed E-state index contributed by atoms with van der Waals surface area (Å²) in [6, 6.07) is 0. The van der Waals surface area contributed by atoms with Crippen LogP contribution in [0.2, 0.25) is 9.78 Å². The van der Waals surface area contributed by atoms with Crippen molar-refractivity contribution in [2.24, 2.45) is 0 Å². The summed E-state index contributed by atoms with van der Waals surface area (Å²) in [6.07, 6.45) is 14.2. The zero-order valence-corrected chi connectivity index (χ0v) is 13.5. The molecule has 0 fully saturated rings. The first-order valence-electron chi connectivity index (χ1n) is 7.75. The van der Waals surface area contributed by atoms with E-state index in [9.17, 15) is 0 Å². The van der Waals surface area contributed by atoms with Crippen molar-refractivity contribution in [1.29, 1.82) is 0 Å². The second-order valence-electron chi connectivity index (χ2n) is 5.24. The molecule has 0 aromatic rings. The normalized spacial score (nSPS) is 15.1. The van der Waals surface area contributed by atoms with E-state index in [1.807, 2.05) is 14.4 Å². The van der Waals surface area contributed by atoms with Crippen LogP contribution in [0.15, 0.2) is 0 Å². The van der Waals surface area contributed by atoms with Crippen LogP contribution in [0.25, 0.3) is 0 Å². The Kier molecular flexibility index (Phi) is 13.3. The van der Waals surface area contributed by atoms with E-state index in [1.54, 1.807) is 0 Å². The first-order valence-corrected chi connectivity index (χ1v) is 8.89. The van der Waals surface area contributed by atoms with E-state index in [0.717, 1.165) is 9.78 Å². The van der Waals surface area contributed by atoms with Crippen molar-refractivity contribution < 1.29 is 14.4 Å². The Labute approximate surface area is 116 Å². The maximum absolute atomic E-state index is 2.43. The van der Waals surface area contributed by atoms with Crippen molar-refractivity contribution in [2.45, 2.75) is 102 Å². The predicted octanol–water partition coefficient (Wildman–Crippen LogP) is 6.63. The van der Waals surface area contributed by atoms with Gasteiger partial charge in [-0.05, 0) is 0 Å². The van der Waals surface area contributed by atoms with Gasteiger partial charge in [0, 0.05) is 0 Å². The minimum atomic E-state index is 0.889. The Balaban J connectivity index is 3.35. The standard InChI is InChI=1S/2C8H17.Ni/c2*1-3-5-7-8-6-4-2;/h2*3H,4-8H2,1-2H3;. The van der Waals surface area contributed by atoms with Crippen molar-refractivity contribution in [2.75, 3.05) is 0 Å². The van der Waals surface area contributed by atoms with E-state index >= 15 is 0 Å². The molecular formula is C16H34Ni. The Hall–Kier alpha value is 0.494. The van der Waals surface area contributed by atoms with Crippen LogP contribution in [-0.4, -0.2) is 0 Å². The van der Waals surface area contributed by atoms with Gasteiger partial charge in [0.15, 0.2) is 0 Å². The van der Waals surface area contributed by atoms with E-state index < -0.39 is 0 Å². The van der Waals surface area contributed by atoms with E-state index in [4.69, 9.17) is 0 Å². The molecule has 0 saturated carbocycles. The topological polar surface area (TPSA) is 0 Å². The van der Waals surface area contributed by atoms with Crippen molar-refractivity contribution in [3.05, 3.63) is 0 Å². The van der Waals surface area contributed by atoms with Gasteiger partial charge in [0.25, 0.3) is 0 Å². The van der Waals surface area contributed by atoms with Crippen molar-refractivity contribution in [3.8, 4) is 0 Å². The molecule has 17 heavy (non-hydrogen) atoms. The van der Waals surface area contributed by atoms with Gasteiger partial charge in [-0.25, -0.2) is 0 Å². The second kappa shape index (κ2) is 12.9. The van der Waals surface area contributed by atoms with Crippen LogP contribution >= 0.6 is 0 Å². The zero-order valence-electron chi connectivity index (χ0n) is 12.5. The Bertz CT molecular complexity index is 128. The Morgan fingerprint density at radius 1 is 0.647 bits per heavy atom. The van der Waals surface area contributed by atoms with Crippen molar-refractivity contribution >= 4 is 0 Å². The first kappa shape index (κ1) is 17.5. The fraction of sp³-hybridized carbons (Fsp3) is 1.00. The molecule has 0 amide bonds. The molecule has 108 valence electrons. The molecule has 1 heteroatoms. The molecule has 0 aromatic heterocycles. The third-order valence-electron chi connectivity index (χ3n) is 3.24. The van der Waals surface area contributed by atoms with Crippen LogP contribution in [-0.2, 0) is 14.4 Å². The molecule has 0 radical (unpaired) electrons.